The zero-order chi connectivity index (χ0) is 19.3. The predicted molar refractivity (Wildman–Crippen MR) is 106 cm³/mol. The van der Waals surface area contributed by atoms with Crippen molar-refractivity contribution in [3.8, 4) is 0 Å². The molecule has 1 aliphatic heterocycles. The maximum atomic E-state index is 12.4. The van der Waals surface area contributed by atoms with Crippen molar-refractivity contribution < 1.29 is 13.2 Å². The van der Waals surface area contributed by atoms with Crippen LogP contribution in [0.25, 0.3) is 0 Å². The minimum absolute atomic E-state index is 0.0660. The standard InChI is InChI=1S/C19H34N4O3S/c1-3-27(24,25)19-20-15-18(23(19)13-14-26-2)16-21-9-6-10-22(12-11-21)17-7-4-5-8-17/h15,17H,3-14,16H2,1-2H3. The van der Waals surface area contributed by atoms with E-state index in [4.69, 9.17) is 4.74 Å². The first-order chi connectivity index (χ1) is 13.0. The SMILES string of the molecule is CCS(=O)(=O)c1ncc(CN2CCCN(C3CCCC3)CC2)n1CCOC. The molecular formula is C19H34N4O3S. The van der Waals surface area contributed by atoms with E-state index in [-0.39, 0.29) is 10.9 Å². The molecule has 27 heavy (non-hydrogen) atoms. The molecule has 0 atom stereocenters. The van der Waals surface area contributed by atoms with Crippen LogP contribution in [-0.2, 0) is 27.7 Å². The van der Waals surface area contributed by atoms with Crippen molar-refractivity contribution in [1.82, 2.24) is 19.4 Å². The number of hydrogen-bond acceptors (Lipinski definition) is 6. The Morgan fingerprint density at radius 2 is 1.93 bits per heavy atom. The van der Waals surface area contributed by atoms with E-state index in [1.165, 1.54) is 38.6 Å². The van der Waals surface area contributed by atoms with Gasteiger partial charge in [0.05, 0.1) is 24.3 Å². The highest BCUT2D eigenvalue weighted by Crippen LogP contribution is 2.24. The Labute approximate surface area is 163 Å². The van der Waals surface area contributed by atoms with Gasteiger partial charge in [-0.15, -0.1) is 0 Å². The van der Waals surface area contributed by atoms with Gasteiger partial charge in [0, 0.05) is 39.3 Å². The summed E-state index contributed by atoms with van der Waals surface area (Å²) in [5, 5.41) is 0.180. The Balaban J connectivity index is 1.69. The number of rotatable bonds is 8. The summed E-state index contributed by atoms with van der Waals surface area (Å²) < 4.78 is 31.8. The van der Waals surface area contributed by atoms with Crippen molar-refractivity contribution in [3.05, 3.63) is 11.9 Å². The van der Waals surface area contributed by atoms with Gasteiger partial charge in [0.15, 0.2) is 0 Å². The second kappa shape index (κ2) is 9.49. The molecule has 154 valence electrons. The summed E-state index contributed by atoms with van der Waals surface area (Å²) in [5.74, 6) is 0.0660. The molecule has 2 fully saturated rings. The van der Waals surface area contributed by atoms with Crippen LogP contribution < -0.4 is 0 Å². The van der Waals surface area contributed by atoms with Crippen LogP contribution in [0.5, 0.6) is 0 Å². The molecule has 0 spiro atoms. The van der Waals surface area contributed by atoms with Crippen molar-refractivity contribution in [2.75, 3.05) is 45.6 Å². The second-order valence-electron chi connectivity index (χ2n) is 7.68. The van der Waals surface area contributed by atoms with Crippen LogP contribution in [-0.4, -0.2) is 79.5 Å². The number of aromatic nitrogens is 2. The Morgan fingerprint density at radius 1 is 1.15 bits per heavy atom. The van der Waals surface area contributed by atoms with Crippen molar-refractivity contribution in [2.45, 2.75) is 63.3 Å². The first kappa shape index (κ1) is 20.8. The minimum Gasteiger partial charge on any atom is -0.383 e. The highest BCUT2D eigenvalue weighted by atomic mass is 32.2. The fourth-order valence-corrected chi connectivity index (χ4v) is 5.35. The fraction of sp³-hybridized carbons (Fsp3) is 0.842. The first-order valence-electron chi connectivity index (χ1n) is 10.3. The molecule has 0 radical (unpaired) electrons. The third-order valence-electron chi connectivity index (χ3n) is 5.93. The maximum absolute atomic E-state index is 12.4. The molecule has 1 aliphatic carbocycles. The van der Waals surface area contributed by atoms with Gasteiger partial charge in [0.1, 0.15) is 0 Å². The summed E-state index contributed by atoms with van der Waals surface area (Å²) >= 11 is 0. The third-order valence-corrected chi connectivity index (χ3v) is 7.57. The first-order valence-corrected chi connectivity index (χ1v) is 11.9. The molecule has 2 aliphatic rings. The van der Waals surface area contributed by atoms with Gasteiger partial charge >= 0.3 is 0 Å². The average Bonchev–Trinajstić information content (AvgIpc) is 3.27. The number of hydrogen-bond donors (Lipinski definition) is 0. The van der Waals surface area contributed by atoms with Crippen molar-refractivity contribution >= 4 is 9.84 Å². The van der Waals surface area contributed by atoms with Crippen LogP contribution in [0, 0.1) is 0 Å². The van der Waals surface area contributed by atoms with Gasteiger partial charge in [-0.3, -0.25) is 9.80 Å². The zero-order valence-electron chi connectivity index (χ0n) is 16.8. The minimum atomic E-state index is -3.34. The van der Waals surface area contributed by atoms with E-state index in [2.05, 4.69) is 14.8 Å². The second-order valence-corrected chi connectivity index (χ2v) is 9.86. The molecule has 1 saturated heterocycles. The van der Waals surface area contributed by atoms with Gasteiger partial charge in [0.2, 0.25) is 15.0 Å². The predicted octanol–water partition coefficient (Wildman–Crippen LogP) is 1.77. The third kappa shape index (κ3) is 5.10. The molecule has 8 heteroatoms. The van der Waals surface area contributed by atoms with Gasteiger partial charge in [-0.25, -0.2) is 13.4 Å². The summed E-state index contributed by atoms with van der Waals surface area (Å²) in [5.41, 5.74) is 0.966. The highest BCUT2D eigenvalue weighted by Gasteiger charge is 2.26. The normalized spacial score (nSPS) is 21.0. The Hall–Kier alpha value is -0.960. The number of imidazole rings is 1. The van der Waals surface area contributed by atoms with Crippen LogP contribution in [0.15, 0.2) is 11.4 Å². The Kier molecular flexibility index (Phi) is 7.30. The molecule has 0 amide bonds. The van der Waals surface area contributed by atoms with Crippen molar-refractivity contribution in [3.63, 3.8) is 0 Å². The highest BCUT2D eigenvalue weighted by molar-refractivity contribution is 7.91. The van der Waals surface area contributed by atoms with E-state index in [0.29, 0.717) is 13.2 Å². The van der Waals surface area contributed by atoms with Gasteiger partial charge in [-0.05, 0) is 32.4 Å². The van der Waals surface area contributed by atoms with Gasteiger partial charge < -0.3 is 9.30 Å². The number of sulfone groups is 1. The lowest BCUT2D eigenvalue weighted by molar-refractivity contribution is 0.179. The summed E-state index contributed by atoms with van der Waals surface area (Å²) in [6.07, 6.45) is 8.35. The van der Waals surface area contributed by atoms with E-state index >= 15 is 0 Å². The summed E-state index contributed by atoms with van der Waals surface area (Å²) in [7, 11) is -1.70. The van der Waals surface area contributed by atoms with Crippen molar-refractivity contribution in [2.24, 2.45) is 0 Å². The average molecular weight is 399 g/mol. The van der Waals surface area contributed by atoms with E-state index in [1.807, 2.05) is 4.57 Å². The van der Waals surface area contributed by atoms with Crippen LogP contribution >= 0.6 is 0 Å². The van der Waals surface area contributed by atoms with Crippen molar-refractivity contribution in [1.29, 1.82) is 0 Å². The topological polar surface area (TPSA) is 67.7 Å². The van der Waals surface area contributed by atoms with E-state index in [1.54, 1.807) is 20.2 Å². The molecule has 0 bridgehead atoms. The monoisotopic (exact) mass is 398 g/mol. The molecule has 7 nitrogen and oxygen atoms in total. The van der Waals surface area contributed by atoms with Crippen LogP contribution in [0.1, 0.15) is 44.7 Å². The summed E-state index contributed by atoms with van der Waals surface area (Å²) in [6, 6.07) is 0.776. The van der Waals surface area contributed by atoms with Gasteiger partial charge in [-0.2, -0.15) is 0 Å². The van der Waals surface area contributed by atoms with E-state index in [0.717, 1.165) is 37.9 Å². The van der Waals surface area contributed by atoms with E-state index in [9.17, 15) is 8.42 Å². The smallest absolute Gasteiger partial charge is 0.227 e. The lowest BCUT2D eigenvalue weighted by Gasteiger charge is -2.27. The van der Waals surface area contributed by atoms with Crippen LogP contribution in [0.4, 0.5) is 0 Å². The molecule has 1 saturated carbocycles. The Morgan fingerprint density at radius 3 is 2.63 bits per heavy atom. The fourth-order valence-electron chi connectivity index (χ4n) is 4.33. The zero-order valence-corrected chi connectivity index (χ0v) is 17.6. The van der Waals surface area contributed by atoms with Gasteiger partial charge in [-0.1, -0.05) is 19.8 Å². The molecule has 2 heterocycles. The maximum Gasteiger partial charge on any atom is 0.227 e. The molecular weight excluding hydrogens is 364 g/mol. The molecule has 0 aromatic carbocycles. The van der Waals surface area contributed by atoms with Crippen LogP contribution in [0.3, 0.4) is 0 Å². The molecule has 1 aromatic heterocycles. The quantitative estimate of drug-likeness (QED) is 0.665. The summed E-state index contributed by atoms with van der Waals surface area (Å²) in [4.78, 5) is 9.37. The summed E-state index contributed by atoms with van der Waals surface area (Å²) in [6.45, 7) is 7.77. The van der Waals surface area contributed by atoms with Crippen LogP contribution in [0.2, 0.25) is 0 Å². The number of ether oxygens (including phenoxy) is 1. The molecule has 1 aromatic rings. The number of nitrogens with zero attached hydrogens (tertiary/aromatic N) is 4. The largest absolute Gasteiger partial charge is 0.383 e. The van der Waals surface area contributed by atoms with Gasteiger partial charge in [0.25, 0.3) is 0 Å². The van der Waals surface area contributed by atoms with E-state index < -0.39 is 9.84 Å². The molecule has 3 rings (SSSR count). The lowest BCUT2D eigenvalue weighted by Crippen LogP contribution is -2.36. The Bertz CT molecular complexity index is 698. The molecule has 0 unspecified atom stereocenters. The molecule has 0 N–H and O–H groups in total. The lowest BCUT2D eigenvalue weighted by atomic mass is 10.2. The number of methoxy groups -OCH3 is 1.